The van der Waals surface area contributed by atoms with Crippen molar-refractivity contribution in [2.24, 2.45) is 4.99 Å². The Morgan fingerprint density at radius 1 is 1.14 bits per heavy atom. The fourth-order valence-electron chi connectivity index (χ4n) is 3.04. The average molecular weight is 410 g/mol. The van der Waals surface area contributed by atoms with E-state index in [4.69, 9.17) is 31.4 Å². The van der Waals surface area contributed by atoms with Crippen LogP contribution in [-0.2, 0) is 9.47 Å². The lowest BCUT2D eigenvalue weighted by Gasteiger charge is -2.16. The molecule has 29 heavy (non-hydrogen) atoms. The third-order valence-corrected chi connectivity index (χ3v) is 4.70. The first-order valence-corrected chi connectivity index (χ1v) is 9.73. The van der Waals surface area contributed by atoms with Gasteiger partial charge in [0.15, 0.2) is 0 Å². The highest BCUT2D eigenvalue weighted by atomic mass is 32.1. The highest BCUT2D eigenvalue weighted by Crippen LogP contribution is 2.31. The van der Waals surface area contributed by atoms with Crippen molar-refractivity contribution < 1.29 is 14.2 Å². The summed E-state index contributed by atoms with van der Waals surface area (Å²) in [6.45, 7) is 4.21. The van der Waals surface area contributed by atoms with Crippen LogP contribution in [0.2, 0.25) is 0 Å². The number of nitrogens with zero attached hydrogens (tertiary/aromatic N) is 2. The molecule has 1 N–H and O–H groups in total. The van der Waals surface area contributed by atoms with Gasteiger partial charge in [-0.15, -0.1) is 0 Å². The van der Waals surface area contributed by atoms with Gasteiger partial charge >= 0.3 is 0 Å². The van der Waals surface area contributed by atoms with Gasteiger partial charge in [0.2, 0.25) is 0 Å². The van der Waals surface area contributed by atoms with Crippen molar-refractivity contribution in [2.75, 3.05) is 45.4 Å². The van der Waals surface area contributed by atoms with E-state index in [1.54, 1.807) is 7.11 Å². The van der Waals surface area contributed by atoms with Crippen LogP contribution in [0.5, 0.6) is 5.75 Å². The van der Waals surface area contributed by atoms with Crippen LogP contribution >= 0.6 is 12.2 Å². The van der Waals surface area contributed by atoms with Gasteiger partial charge in [0.1, 0.15) is 23.4 Å². The number of benzodiazepines with no additional fused rings is 1. The number of thiocarbonyl (C=S) groups is 1. The zero-order valence-corrected chi connectivity index (χ0v) is 17.3. The molecule has 0 atom stereocenters. The second kappa shape index (κ2) is 10.1. The maximum atomic E-state index is 9.66. The van der Waals surface area contributed by atoms with Gasteiger partial charge in [0, 0.05) is 24.3 Å². The first kappa shape index (κ1) is 20.9. The molecule has 6 nitrogen and oxygen atoms in total. The van der Waals surface area contributed by atoms with E-state index in [0.29, 0.717) is 49.3 Å². The maximum Gasteiger partial charge on any atom is 0.139 e. The van der Waals surface area contributed by atoms with E-state index in [0.717, 1.165) is 28.1 Å². The largest absolute Gasteiger partial charge is 0.490 e. The summed E-state index contributed by atoms with van der Waals surface area (Å²) in [4.78, 5) is 5.34. The minimum absolute atomic E-state index is 0.334. The third kappa shape index (κ3) is 5.18. The molecule has 0 amide bonds. The van der Waals surface area contributed by atoms with Crippen molar-refractivity contribution in [1.82, 2.24) is 0 Å². The van der Waals surface area contributed by atoms with Crippen LogP contribution in [0.15, 0.2) is 41.4 Å². The number of benzene rings is 2. The van der Waals surface area contributed by atoms with E-state index in [1.807, 2.05) is 43.3 Å². The number of ether oxygens (including phenoxy) is 3. The lowest BCUT2D eigenvalue weighted by molar-refractivity contribution is 0.0544. The Labute approximate surface area is 176 Å². The summed E-state index contributed by atoms with van der Waals surface area (Å²) in [5.74, 6) is 0.489. The van der Waals surface area contributed by atoms with Gasteiger partial charge in [-0.1, -0.05) is 36.5 Å². The Hall–Kier alpha value is -2.79. The van der Waals surface area contributed by atoms with Gasteiger partial charge in [0.05, 0.1) is 43.3 Å². The molecule has 1 heterocycles. The molecular formula is C22H23N3O3S. The minimum Gasteiger partial charge on any atom is -0.490 e. The first-order valence-electron chi connectivity index (χ1n) is 9.32. The van der Waals surface area contributed by atoms with Gasteiger partial charge in [-0.25, -0.2) is 0 Å². The van der Waals surface area contributed by atoms with Crippen molar-refractivity contribution >= 4 is 28.6 Å². The zero-order valence-electron chi connectivity index (χ0n) is 16.5. The molecule has 1 aliphatic heterocycles. The molecule has 7 heteroatoms. The standard InChI is InChI=1S/C22H23N3O3S/c1-15-5-3-4-6-17(15)22-18-11-16(13-23)20(28-10-9-27-8-7-26-2)12-19(18)25-21(29)14-24-22/h3-6,11-12H,7-10,14H2,1-2H3,(H,25,29). The lowest BCUT2D eigenvalue weighted by Crippen LogP contribution is -2.13. The maximum absolute atomic E-state index is 9.66. The zero-order chi connectivity index (χ0) is 20.6. The molecular weight excluding hydrogens is 386 g/mol. The van der Waals surface area contributed by atoms with Crippen LogP contribution in [0.4, 0.5) is 5.69 Å². The fraction of sp³-hybridized carbons (Fsp3) is 0.318. The molecule has 3 rings (SSSR count). The van der Waals surface area contributed by atoms with Crippen LogP contribution in [0.25, 0.3) is 0 Å². The lowest BCUT2D eigenvalue weighted by atomic mass is 9.95. The minimum atomic E-state index is 0.334. The Balaban J connectivity index is 1.90. The second-order valence-electron chi connectivity index (χ2n) is 6.49. The second-order valence-corrected chi connectivity index (χ2v) is 6.98. The average Bonchev–Trinajstić information content (AvgIpc) is 2.88. The number of hydrogen-bond acceptors (Lipinski definition) is 6. The number of anilines is 1. The molecule has 0 saturated heterocycles. The van der Waals surface area contributed by atoms with E-state index >= 15 is 0 Å². The number of aliphatic imine (C=N–C) groups is 1. The van der Waals surface area contributed by atoms with Gasteiger partial charge in [-0.3, -0.25) is 4.99 Å². The smallest absolute Gasteiger partial charge is 0.139 e. The quantitative estimate of drug-likeness (QED) is 0.531. The predicted molar refractivity (Wildman–Crippen MR) is 117 cm³/mol. The summed E-state index contributed by atoms with van der Waals surface area (Å²) in [5.41, 5.74) is 5.00. The predicted octanol–water partition coefficient (Wildman–Crippen LogP) is 3.50. The number of hydrogen-bond donors (Lipinski definition) is 1. The van der Waals surface area contributed by atoms with Crippen LogP contribution in [-0.4, -0.2) is 50.8 Å². The van der Waals surface area contributed by atoms with Crippen molar-refractivity contribution in [3.05, 3.63) is 58.7 Å². The van der Waals surface area contributed by atoms with Crippen LogP contribution < -0.4 is 10.1 Å². The number of rotatable bonds is 8. The van der Waals surface area contributed by atoms with Crippen LogP contribution in [0.1, 0.15) is 22.3 Å². The van der Waals surface area contributed by atoms with Crippen molar-refractivity contribution in [1.29, 1.82) is 5.26 Å². The Bertz CT molecular complexity index is 966. The molecule has 0 fully saturated rings. The number of nitrogens with one attached hydrogen (secondary N) is 1. The summed E-state index contributed by atoms with van der Waals surface area (Å²) in [5, 5.41) is 12.9. The molecule has 0 unspecified atom stereocenters. The number of nitriles is 1. The molecule has 0 saturated carbocycles. The molecule has 2 aromatic rings. The Morgan fingerprint density at radius 3 is 2.69 bits per heavy atom. The summed E-state index contributed by atoms with van der Waals surface area (Å²) >= 11 is 5.40. The van der Waals surface area contributed by atoms with E-state index in [-0.39, 0.29) is 0 Å². The molecule has 150 valence electrons. The van der Waals surface area contributed by atoms with Crippen LogP contribution in [0.3, 0.4) is 0 Å². The number of methoxy groups -OCH3 is 1. The van der Waals surface area contributed by atoms with Gasteiger partial charge in [-0.05, 0) is 18.6 Å². The van der Waals surface area contributed by atoms with E-state index < -0.39 is 0 Å². The number of aryl methyl sites for hydroxylation is 1. The first-order chi connectivity index (χ1) is 14.1. The molecule has 2 aromatic carbocycles. The topological polar surface area (TPSA) is 75.9 Å². The van der Waals surface area contributed by atoms with Gasteiger partial charge < -0.3 is 19.5 Å². The normalized spacial score (nSPS) is 13.0. The Morgan fingerprint density at radius 2 is 1.93 bits per heavy atom. The van der Waals surface area contributed by atoms with Gasteiger partial charge in [-0.2, -0.15) is 5.26 Å². The molecule has 0 aromatic heterocycles. The van der Waals surface area contributed by atoms with Crippen molar-refractivity contribution in [3.8, 4) is 11.8 Å². The van der Waals surface area contributed by atoms with E-state index in [2.05, 4.69) is 11.4 Å². The third-order valence-electron chi connectivity index (χ3n) is 4.47. The summed E-state index contributed by atoms with van der Waals surface area (Å²) in [7, 11) is 1.63. The van der Waals surface area contributed by atoms with E-state index in [9.17, 15) is 5.26 Å². The molecule has 0 radical (unpaired) electrons. The van der Waals surface area contributed by atoms with Crippen molar-refractivity contribution in [2.45, 2.75) is 6.92 Å². The van der Waals surface area contributed by atoms with Gasteiger partial charge in [0.25, 0.3) is 0 Å². The monoisotopic (exact) mass is 409 g/mol. The van der Waals surface area contributed by atoms with Crippen molar-refractivity contribution in [3.63, 3.8) is 0 Å². The molecule has 1 aliphatic rings. The van der Waals surface area contributed by atoms with E-state index in [1.165, 1.54) is 0 Å². The molecule has 0 aliphatic carbocycles. The SMILES string of the molecule is COCCOCCOc1cc2c(cc1C#N)C(c1ccccc1C)=NCC(=S)N2. The molecule has 0 spiro atoms. The Kier molecular flexibility index (Phi) is 7.30. The summed E-state index contributed by atoms with van der Waals surface area (Å²) < 4.78 is 16.2. The highest BCUT2D eigenvalue weighted by Gasteiger charge is 2.21. The fourth-order valence-corrected chi connectivity index (χ4v) is 3.21. The highest BCUT2D eigenvalue weighted by molar-refractivity contribution is 7.80. The molecule has 0 bridgehead atoms. The van der Waals surface area contributed by atoms with Crippen LogP contribution in [0, 0.1) is 18.3 Å². The summed E-state index contributed by atoms with van der Waals surface area (Å²) in [6, 6.07) is 13.9. The summed E-state index contributed by atoms with van der Waals surface area (Å²) in [6.07, 6.45) is 0. The number of fused-ring (bicyclic) bond motifs is 1.